The molecule has 0 spiro atoms. The summed E-state index contributed by atoms with van der Waals surface area (Å²) >= 11 is 0. The highest BCUT2D eigenvalue weighted by atomic mass is 127. The zero-order valence-electron chi connectivity index (χ0n) is 17.6. The summed E-state index contributed by atoms with van der Waals surface area (Å²) in [6, 6.07) is 11.0. The van der Waals surface area contributed by atoms with Crippen molar-refractivity contribution in [2.24, 2.45) is 10.7 Å². The van der Waals surface area contributed by atoms with Gasteiger partial charge in [-0.2, -0.15) is 0 Å². The van der Waals surface area contributed by atoms with Crippen LogP contribution in [0.1, 0.15) is 11.6 Å². The van der Waals surface area contributed by atoms with Gasteiger partial charge in [-0.25, -0.2) is 0 Å². The lowest BCUT2D eigenvalue weighted by molar-refractivity contribution is -0.274. The fourth-order valence-corrected chi connectivity index (χ4v) is 2.77. The lowest BCUT2D eigenvalue weighted by atomic mass is 10.1. The van der Waals surface area contributed by atoms with Crippen LogP contribution in [0.15, 0.2) is 47.5 Å². The van der Waals surface area contributed by atoms with E-state index in [1.807, 2.05) is 31.1 Å². The summed E-state index contributed by atoms with van der Waals surface area (Å²) in [7, 11) is 6.87. The van der Waals surface area contributed by atoms with Gasteiger partial charge in [0.1, 0.15) is 0 Å². The molecule has 2 aromatic rings. The van der Waals surface area contributed by atoms with E-state index >= 15 is 0 Å². The summed E-state index contributed by atoms with van der Waals surface area (Å²) in [5.41, 5.74) is 6.88. The quantitative estimate of drug-likeness (QED) is 0.289. The van der Waals surface area contributed by atoms with E-state index in [2.05, 4.69) is 15.0 Å². The fraction of sp³-hybridized carbons (Fsp3) is 0.350. The predicted molar refractivity (Wildman–Crippen MR) is 125 cm³/mol. The summed E-state index contributed by atoms with van der Waals surface area (Å²) < 4.78 is 52.3. The van der Waals surface area contributed by atoms with Gasteiger partial charge in [-0.05, 0) is 43.9 Å². The third-order valence-electron chi connectivity index (χ3n) is 4.23. The van der Waals surface area contributed by atoms with Gasteiger partial charge in [0, 0.05) is 0 Å². The highest BCUT2D eigenvalue weighted by Crippen LogP contribution is 2.32. The molecule has 0 radical (unpaired) electrons. The van der Waals surface area contributed by atoms with Crippen molar-refractivity contribution in [2.75, 3.05) is 40.2 Å². The monoisotopic (exact) mass is 554 g/mol. The SMILES string of the molecule is COc1ccc(C(CN=C(N)Nc2ccccc2OC(F)(F)F)N(C)C)cc1OC.I. The minimum Gasteiger partial charge on any atom is -0.493 e. The number of aliphatic imine (C=N–C) groups is 1. The van der Waals surface area contributed by atoms with Crippen molar-refractivity contribution in [1.29, 1.82) is 0 Å². The number of anilines is 1. The average Bonchev–Trinajstić information content (AvgIpc) is 2.68. The number of nitrogens with one attached hydrogen (secondary N) is 1. The second-order valence-electron chi connectivity index (χ2n) is 6.49. The van der Waals surface area contributed by atoms with Crippen LogP contribution in [0.4, 0.5) is 18.9 Å². The third kappa shape index (κ3) is 7.98. The van der Waals surface area contributed by atoms with Crippen molar-refractivity contribution in [1.82, 2.24) is 4.90 Å². The first-order valence-electron chi connectivity index (χ1n) is 8.94. The van der Waals surface area contributed by atoms with Gasteiger partial charge in [-0.1, -0.05) is 18.2 Å². The number of alkyl halides is 3. The maximum absolute atomic E-state index is 12.6. The topological polar surface area (TPSA) is 81.3 Å². The Labute approximate surface area is 196 Å². The van der Waals surface area contributed by atoms with E-state index in [1.54, 1.807) is 26.4 Å². The molecule has 0 saturated heterocycles. The molecule has 2 rings (SSSR count). The number of nitrogens with zero attached hydrogens (tertiary/aromatic N) is 2. The molecule has 0 saturated carbocycles. The largest absolute Gasteiger partial charge is 0.573 e. The molecule has 0 aliphatic rings. The maximum atomic E-state index is 12.6. The van der Waals surface area contributed by atoms with Crippen molar-refractivity contribution in [2.45, 2.75) is 12.4 Å². The van der Waals surface area contributed by atoms with E-state index in [0.717, 1.165) is 5.56 Å². The number of rotatable bonds is 8. The Hall–Kier alpha value is -2.41. The Morgan fingerprint density at radius 2 is 1.71 bits per heavy atom. The molecule has 0 aromatic heterocycles. The van der Waals surface area contributed by atoms with Crippen molar-refractivity contribution in [3.63, 3.8) is 0 Å². The lowest BCUT2D eigenvalue weighted by Crippen LogP contribution is -2.28. The average molecular weight is 554 g/mol. The molecule has 0 fully saturated rings. The van der Waals surface area contributed by atoms with Crippen LogP contribution in [0.2, 0.25) is 0 Å². The molecule has 1 atom stereocenters. The number of likely N-dealkylation sites (N-methyl/N-ethyl adjacent to an activating group) is 1. The first-order valence-corrected chi connectivity index (χ1v) is 8.94. The molecule has 7 nitrogen and oxygen atoms in total. The van der Waals surface area contributed by atoms with Gasteiger partial charge < -0.3 is 30.2 Å². The maximum Gasteiger partial charge on any atom is 0.573 e. The predicted octanol–water partition coefficient (Wildman–Crippen LogP) is 4.25. The molecule has 0 bridgehead atoms. The van der Waals surface area contributed by atoms with Gasteiger partial charge in [-0.3, -0.25) is 4.99 Å². The van der Waals surface area contributed by atoms with E-state index in [1.165, 1.54) is 18.2 Å². The number of halogens is 4. The second kappa shape index (κ2) is 11.8. The molecular formula is C20H26F3IN4O3. The first kappa shape index (κ1) is 26.6. The smallest absolute Gasteiger partial charge is 0.493 e. The van der Waals surface area contributed by atoms with Gasteiger partial charge in [0.15, 0.2) is 23.2 Å². The van der Waals surface area contributed by atoms with Crippen LogP contribution < -0.4 is 25.3 Å². The normalized spacial score (nSPS) is 12.7. The summed E-state index contributed by atoms with van der Waals surface area (Å²) in [6.45, 7) is 0.254. The Bertz CT molecular complexity index is 879. The summed E-state index contributed by atoms with van der Waals surface area (Å²) in [4.78, 5) is 6.23. The van der Waals surface area contributed by atoms with Crippen LogP contribution in [-0.2, 0) is 0 Å². The van der Waals surface area contributed by atoms with Crippen LogP contribution in [0.3, 0.4) is 0 Å². The molecule has 1 unspecified atom stereocenters. The molecule has 2 aromatic carbocycles. The van der Waals surface area contributed by atoms with Gasteiger partial charge in [0.25, 0.3) is 0 Å². The standard InChI is InChI=1S/C20H25F3N4O3.HI/c1-27(2)15(13-9-10-17(28-3)18(11-13)29-4)12-25-19(24)26-14-7-5-6-8-16(14)30-20(21,22)23;/h5-11,15H,12H2,1-4H3,(H3,24,25,26);1H. The van der Waals surface area contributed by atoms with Gasteiger partial charge >= 0.3 is 6.36 Å². The highest BCUT2D eigenvalue weighted by molar-refractivity contribution is 14.0. The minimum absolute atomic E-state index is 0. The summed E-state index contributed by atoms with van der Waals surface area (Å²) in [5.74, 6) is 0.743. The first-order chi connectivity index (χ1) is 14.1. The van der Waals surface area contributed by atoms with Crippen molar-refractivity contribution < 1.29 is 27.4 Å². The van der Waals surface area contributed by atoms with Crippen molar-refractivity contribution in [3.8, 4) is 17.2 Å². The zero-order chi connectivity index (χ0) is 22.3. The van der Waals surface area contributed by atoms with E-state index in [0.29, 0.717) is 11.5 Å². The van der Waals surface area contributed by atoms with Gasteiger partial charge in [0.2, 0.25) is 0 Å². The molecule has 0 aliphatic heterocycles. The zero-order valence-corrected chi connectivity index (χ0v) is 19.9. The van der Waals surface area contributed by atoms with E-state index < -0.39 is 12.1 Å². The number of methoxy groups -OCH3 is 2. The van der Waals surface area contributed by atoms with Crippen molar-refractivity contribution >= 4 is 35.6 Å². The summed E-state index contributed by atoms with van der Waals surface area (Å²) in [5, 5.41) is 2.66. The molecule has 31 heavy (non-hydrogen) atoms. The number of benzene rings is 2. The van der Waals surface area contributed by atoms with E-state index in [4.69, 9.17) is 15.2 Å². The third-order valence-corrected chi connectivity index (χ3v) is 4.23. The number of nitrogens with two attached hydrogens (primary N) is 1. The number of para-hydroxylation sites is 2. The molecule has 0 aliphatic carbocycles. The van der Waals surface area contributed by atoms with Crippen LogP contribution in [0, 0.1) is 0 Å². The number of guanidine groups is 1. The highest BCUT2D eigenvalue weighted by Gasteiger charge is 2.32. The molecule has 172 valence electrons. The Morgan fingerprint density at radius 1 is 1.06 bits per heavy atom. The lowest BCUT2D eigenvalue weighted by Gasteiger charge is -2.24. The Morgan fingerprint density at radius 3 is 2.29 bits per heavy atom. The van der Waals surface area contributed by atoms with E-state index in [-0.39, 0.29) is 48.2 Å². The number of ether oxygens (including phenoxy) is 3. The van der Waals surface area contributed by atoms with Gasteiger partial charge in [-0.15, -0.1) is 37.1 Å². The molecule has 0 amide bonds. The Kier molecular flexibility index (Phi) is 10.2. The van der Waals surface area contributed by atoms with Gasteiger partial charge in [0.05, 0.1) is 32.5 Å². The second-order valence-corrected chi connectivity index (χ2v) is 6.49. The summed E-state index contributed by atoms with van der Waals surface area (Å²) in [6.07, 6.45) is -4.81. The molecule has 3 N–H and O–H groups in total. The van der Waals surface area contributed by atoms with Crippen LogP contribution in [-0.4, -0.2) is 52.1 Å². The van der Waals surface area contributed by atoms with Crippen molar-refractivity contribution in [3.05, 3.63) is 48.0 Å². The Balaban J connectivity index is 0.00000480. The minimum atomic E-state index is -4.81. The van der Waals surface area contributed by atoms with Crippen LogP contribution in [0.5, 0.6) is 17.2 Å². The number of hydrogen-bond acceptors (Lipinski definition) is 5. The number of hydrogen-bond donors (Lipinski definition) is 2. The van der Waals surface area contributed by atoms with Crippen LogP contribution >= 0.6 is 24.0 Å². The fourth-order valence-electron chi connectivity index (χ4n) is 2.77. The molecule has 11 heteroatoms. The van der Waals surface area contributed by atoms with Crippen LogP contribution in [0.25, 0.3) is 0 Å². The van der Waals surface area contributed by atoms with E-state index in [9.17, 15) is 13.2 Å². The molecule has 0 heterocycles. The molecular weight excluding hydrogens is 528 g/mol.